The van der Waals surface area contributed by atoms with Gasteiger partial charge in [0.1, 0.15) is 0 Å². The zero-order valence-corrected chi connectivity index (χ0v) is 15.6. The second-order valence-corrected chi connectivity index (χ2v) is 7.82. The zero-order valence-electron chi connectivity index (χ0n) is 15.6. The summed E-state index contributed by atoms with van der Waals surface area (Å²) < 4.78 is 0. The summed E-state index contributed by atoms with van der Waals surface area (Å²) in [5.41, 5.74) is 12.2. The van der Waals surface area contributed by atoms with E-state index in [0.29, 0.717) is 12.0 Å². The number of hydrogen-bond donors (Lipinski definition) is 2. The van der Waals surface area contributed by atoms with Crippen LogP contribution in [0.1, 0.15) is 48.2 Å². The number of carbonyl (C=O) groups excluding carboxylic acids is 1. The molecular weight excluding hydrogens is 322 g/mol. The summed E-state index contributed by atoms with van der Waals surface area (Å²) in [6.07, 6.45) is 6.37. The highest BCUT2D eigenvalue weighted by Gasteiger charge is 2.34. The van der Waals surface area contributed by atoms with Crippen molar-refractivity contribution in [3.63, 3.8) is 0 Å². The summed E-state index contributed by atoms with van der Waals surface area (Å²) in [5.74, 6) is 0.661. The van der Waals surface area contributed by atoms with E-state index in [1.165, 1.54) is 5.56 Å². The monoisotopic (exact) mass is 349 g/mol. The SMILES string of the molecule is Cc1cc(C)c(/C=C2\C(=O)N(CC3CCC(N)CC3)c3ccccc32)[nH]1. The Hall–Kier alpha value is -2.33. The Balaban J connectivity index is 1.65. The van der Waals surface area contributed by atoms with Crippen molar-refractivity contribution in [3.8, 4) is 0 Å². The second kappa shape index (κ2) is 6.76. The fourth-order valence-electron chi connectivity index (χ4n) is 4.30. The van der Waals surface area contributed by atoms with E-state index in [1.807, 2.05) is 30.0 Å². The number of para-hydroxylation sites is 1. The van der Waals surface area contributed by atoms with Gasteiger partial charge in [-0.05, 0) is 69.2 Å². The summed E-state index contributed by atoms with van der Waals surface area (Å²) in [6.45, 7) is 4.91. The molecule has 1 saturated carbocycles. The smallest absolute Gasteiger partial charge is 0.259 e. The van der Waals surface area contributed by atoms with Crippen LogP contribution in [-0.4, -0.2) is 23.5 Å². The molecule has 0 unspecified atom stereocenters. The van der Waals surface area contributed by atoms with Crippen LogP contribution in [0.5, 0.6) is 0 Å². The third kappa shape index (κ3) is 3.10. The van der Waals surface area contributed by atoms with Crippen molar-refractivity contribution >= 4 is 23.2 Å². The Kier molecular flexibility index (Phi) is 4.45. The van der Waals surface area contributed by atoms with Crippen LogP contribution in [0.4, 0.5) is 5.69 Å². The lowest BCUT2D eigenvalue weighted by Crippen LogP contribution is -2.36. The van der Waals surface area contributed by atoms with Crippen LogP contribution in [0.2, 0.25) is 0 Å². The van der Waals surface area contributed by atoms with Crippen molar-refractivity contribution < 1.29 is 4.79 Å². The van der Waals surface area contributed by atoms with E-state index >= 15 is 0 Å². The molecule has 4 rings (SSSR count). The standard InChI is InChI=1S/C22H27N3O/c1-14-11-15(2)24-20(14)12-19-18-5-3-4-6-21(18)25(22(19)26)13-16-7-9-17(23)10-8-16/h3-6,11-12,16-17,24H,7-10,13,23H2,1-2H3/b19-12-. The average molecular weight is 349 g/mol. The molecule has 3 N–H and O–H groups in total. The van der Waals surface area contributed by atoms with Gasteiger partial charge >= 0.3 is 0 Å². The average Bonchev–Trinajstić information content (AvgIpc) is 3.08. The molecule has 1 aromatic carbocycles. The molecule has 1 amide bonds. The van der Waals surface area contributed by atoms with E-state index < -0.39 is 0 Å². The molecule has 0 atom stereocenters. The lowest BCUT2D eigenvalue weighted by molar-refractivity contribution is -0.113. The Morgan fingerprint density at radius 2 is 1.92 bits per heavy atom. The number of nitrogens with two attached hydrogens (primary N) is 1. The molecule has 2 aromatic rings. The molecular formula is C22H27N3O. The normalized spacial score (nSPS) is 24.3. The molecule has 0 saturated heterocycles. The van der Waals surface area contributed by atoms with Gasteiger partial charge in [0, 0.05) is 29.5 Å². The van der Waals surface area contributed by atoms with Crippen LogP contribution in [0, 0.1) is 19.8 Å². The van der Waals surface area contributed by atoms with Gasteiger partial charge < -0.3 is 15.6 Å². The van der Waals surface area contributed by atoms with Gasteiger partial charge in [0.15, 0.2) is 0 Å². The van der Waals surface area contributed by atoms with E-state index in [-0.39, 0.29) is 5.91 Å². The minimum Gasteiger partial charge on any atom is -0.359 e. The minimum absolute atomic E-state index is 0.118. The topological polar surface area (TPSA) is 62.1 Å². The van der Waals surface area contributed by atoms with Crippen molar-refractivity contribution in [1.82, 2.24) is 4.98 Å². The highest BCUT2D eigenvalue weighted by molar-refractivity contribution is 6.35. The van der Waals surface area contributed by atoms with Gasteiger partial charge in [-0.15, -0.1) is 0 Å². The molecule has 0 radical (unpaired) electrons. The fraction of sp³-hybridized carbons (Fsp3) is 0.409. The number of H-pyrrole nitrogens is 1. The van der Waals surface area contributed by atoms with Gasteiger partial charge in [-0.25, -0.2) is 0 Å². The maximum Gasteiger partial charge on any atom is 0.259 e. The molecule has 1 aliphatic carbocycles. The molecule has 1 aromatic heterocycles. The van der Waals surface area contributed by atoms with E-state index in [4.69, 9.17) is 5.73 Å². The number of aryl methyl sites for hydroxylation is 2. The molecule has 2 aliphatic rings. The fourth-order valence-corrected chi connectivity index (χ4v) is 4.30. The Morgan fingerprint density at radius 3 is 2.62 bits per heavy atom. The number of anilines is 1. The van der Waals surface area contributed by atoms with Crippen LogP contribution in [0.15, 0.2) is 30.3 Å². The summed E-state index contributed by atoms with van der Waals surface area (Å²) in [6, 6.07) is 10.6. The molecule has 136 valence electrons. The van der Waals surface area contributed by atoms with Gasteiger partial charge in [0.2, 0.25) is 0 Å². The third-order valence-electron chi connectivity index (χ3n) is 5.77. The quantitative estimate of drug-likeness (QED) is 0.822. The number of benzene rings is 1. The number of fused-ring (bicyclic) bond motifs is 1. The second-order valence-electron chi connectivity index (χ2n) is 7.82. The summed E-state index contributed by atoms with van der Waals surface area (Å²) in [5, 5.41) is 0. The van der Waals surface area contributed by atoms with Crippen molar-refractivity contribution in [2.75, 3.05) is 11.4 Å². The lowest BCUT2D eigenvalue weighted by atomic mass is 9.86. The summed E-state index contributed by atoms with van der Waals surface area (Å²) in [7, 11) is 0. The summed E-state index contributed by atoms with van der Waals surface area (Å²) >= 11 is 0. The van der Waals surface area contributed by atoms with Gasteiger partial charge in [0.25, 0.3) is 5.91 Å². The molecule has 0 bridgehead atoms. The van der Waals surface area contributed by atoms with Gasteiger partial charge in [-0.3, -0.25) is 4.79 Å². The van der Waals surface area contributed by atoms with Crippen molar-refractivity contribution in [2.24, 2.45) is 11.7 Å². The molecule has 2 heterocycles. The molecule has 4 nitrogen and oxygen atoms in total. The highest BCUT2D eigenvalue weighted by atomic mass is 16.2. The lowest BCUT2D eigenvalue weighted by Gasteiger charge is -2.29. The Morgan fingerprint density at radius 1 is 1.19 bits per heavy atom. The van der Waals surface area contributed by atoms with Crippen molar-refractivity contribution in [3.05, 3.63) is 52.8 Å². The molecule has 1 aliphatic heterocycles. The zero-order chi connectivity index (χ0) is 18.3. The van der Waals surface area contributed by atoms with Crippen LogP contribution in [-0.2, 0) is 4.79 Å². The number of nitrogens with zero attached hydrogens (tertiary/aromatic N) is 1. The van der Waals surface area contributed by atoms with Crippen molar-refractivity contribution in [2.45, 2.75) is 45.6 Å². The number of amides is 1. The first-order chi connectivity index (χ1) is 12.5. The number of carbonyl (C=O) groups is 1. The number of hydrogen-bond acceptors (Lipinski definition) is 2. The van der Waals surface area contributed by atoms with Crippen LogP contribution in [0.25, 0.3) is 11.6 Å². The Labute approximate surface area is 155 Å². The number of nitrogens with one attached hydrogen (secondary N) is 1. The van der Waals surface area contributed by atoms with E-state index in [9.17, 15) is 4.79 Å². The molecule has 26 heavy (non-hydrogen) atoms. The first kappa shape index (κ1) is 17.1. The van der Waals surface area contributed by atoms with E-state index in [0.717, 1.165) is 60.4 Å². The summed E-state index contributed by atoms with van der Waals surface area (Å²) in [4.78, 5) is 18.6. The molecule has 1 fully saturated rings. The van der Waals surface area contributed by atoms with Crippen molar-refractivity contribution in [1.29, 1.82) is 0 Å². The maximum atomic E-state index is 13.2. The maximum absolute atomic E-state index is 13.2. The third-order valence-corrected chi connectivity index (χ3v) is 5.77. The van der Waals surface area contributed by atoms with Gasteiger partial charge in [-0.1, -0.05) is 18.2 Å². The first-order valence-electron chi connectivity index (χ1n) is 9.57. The molecule has 0 spiro atoms. The predicted molar refractivity (Wildman–Crippen MR) is 107 cm³/mol. The predicted octanol–water partition coefficient (Wildman–Crippen LogP) is 4.04. The van der Waals surface area contributed by atoms with Crippen LogP contribution in [0.3, 0.4) is 0 Å². The van der Waals surface area contributed by atoms with E-state index in [1.54, 1.807) is 0 Å². The number of rotatable bonds is 3. The Bertz CT molecular complexity index is 856. The first-order valence-corrected chi connectivity index (χ1v) is 9.57. The van der Waals surface area contributed by atoms with Gasteiger partial charge in [0.05, 0.1) is 11.3 Å². The largest absolute Gasteiger partial charge is 0.359 e. The molecule has 4 heteroatoms. The minimum atomic E-state index is 0.118. The van der Waals surface area contributed by atoms with Gasteiger partial charge in [-0.2, -0.15) is 0 Å². The number of aromatic amines is 1. The number of aromatic nitrogens is 1. The van der Waals surface area contributed by atoms with Crippen LogP contribution < -0.4 is 10.6 Å². The highest BCUT2D eigenvalue weighted by Crippen LogP contribution is 2.39. The van der Waals surface area contributed by atoms with E-state index in [2.05, 4.69) is 30.1 Å². The van der Waals surface area contributed by atoms with Crippen LogP contribution >= 0.6 is 0 Å².